The molecule has 0 spiro atoms. The number of hydrogen-bond donors (Lipinski definition) is 2. The van der Waals surface area contributed by atoms with Gasteiger partial charge in [-0.1, -0.05) is 57.5 Å². The van der Waals surface area contributed by atoms with Crippen molar-refractivity contribution in [2.24, 2.45) is 11.3 Å². The second-order valence-corrected chi connectivity index (χ2v) is 11.2. The summed E-state index contributed by atoms with van der Waals surface area (Å²) in [6.07, 6.45) is 0.362. The zero-order valence-corrected chi connectivity index (χ0v) is 22.6. The minimum Gasteiger partial charge on any atom is -0.384 e. The molecule has 0 saturated carbocycles. The lowest BCUT2D eigenvalue weighted by atomic mass is 9.66. The zero-order valence-electron chi connectivity index (χ0n) is 21.8. The molecule has 2 N–H and O–H groups in total. The average molecular weight is 514 g/mol. The minimum atomic E-state index is -1.12. The second-order valence-electron chi connectivity index (χ2n) is 10.7. The van der Waals surface area contributed by atoms with Crippen molar-refractivity contribution >= 4 is 29.3 Å². The van der Waals surface area contributed by atoms with Crippen LogP contribution in [0.25, 0.3) is 0 Å². The fourth-order valence-corrected chi connectivity index (χ4v) is 4.88. The van der Waals surface area contributed by atoms with E-state index < -0.39 is 23.0 Å². The number of carbonyl (C=O) groups excluding carboxylic acids is 3. The van der Waals surface area contributed by atoms with Crippen molar-refractivity contribution in [3.8, 4) is 0 Å². The van der Waals surface area contributed by atoms with Gasteiger partial charge in [0.2, 0.25) is 5.91 Å². The zero-order chi connectivity index (χ0) is 26.8. The standard InChI is InChI=1S/C28H36ClN3O4/c1-18(2)23(30-24(33)19-8-7-9-20(16-19)25(34)31(5)6)26(35)32-15-14-28(36,27(3,4)17-32)21-10-12-22(29)13-11-21/h7-13,16,18,23,36H,14-15,17H2,1-6H3,(H,30,33)/t23-,28+/m1/s1. The third kappa shape index (κ3) is 5.57. The van der Waals surface area contributed by atoms with Crippen LogP contribution in [0, 0.1) is 11.3 Å². The van der Waals surface area contributed by atoms with Gasteiger partial charge in [-0.25, -0.2) is 0 Å². The highest BCUT2D eigenvalue weighted by atomic mass is 35.5. The lowest BCUT2D eigenvalue weighted by Crippen LogP contribution is -2.60. The van der Waals surface area contributed by atoms with Crippen LogP contribution in [0.4, 0.5) is 0 Å². The van der Waals surface area contributed by atoms with Crippen LogP contribution in [0.5, 0.6) is 0 Å². The third-order valence-corrected chi connectivity index (χ3v) is 7.33. The van der Waals surface area contributed by atoms with E-state index >= 15 is 0 Å². The molecular formula is C28H36ClN3O4. The number of likely N-dealkylation sites (tertiary alicyclic amines) is 1. The summed E-state index contributed by atoms with van der Waals surface area (Å²) in [7, 11) is 3.30. The van der Waals surface area contributed by atoms with Crippen molar-refractivity contribution in [3.63, 3.8) is 0 Å². The van der Waals surface area contributed by atoms with Gasteiger partial charge in [-0.2, -0.15) is 0 Å². The topological polar surface area (TPSA) is 90.0 Å². The summed E-state index contributed by atoms with van der Waals surface area (Å²) in [5, 5.41) is 15.1. The Labute approximate surface area is 218 Å². The fraction of sp³-hybridized carbons (Fsp3) is 0.464. The average Bonchev–Trinajstić information content (AvgIpc) is 2.83. The number of benzene rings is 2. The summed E-state index contributed by atoms with van der Waals surface area (Å²) < 4.78 is 0. The molecule has 7 nitrogen and oxygen atoms in total. The second kappa shape index (κ2) is 10.6. The molecule has 1 aliphatic rings. The SMILES string of the molecule is CC(C)[C@@H](NC(=O)c1cccc(C(=O)N(C)C)c1)C(=O)N1CC[C@](O)(c2ccc(Cl)cc2)C(C)(C)C1. The normalized spacial score (nSPS) is 20.1. The van der Waals surface area contributed by atoms with Gasteiger partial charge in [0.05, 0.1) is 5.60 Å². The van der Waals surface area contributed by atoms with Gasteiger partial charge in [-0.15, -0.1) is 0 Å². The number of halogens is 1. The predicted molar refractivity (Wildman–Crippen MR) is 141 cm³/mol. The van der Waals surface area contributed by atoms with Crippen molar-refractivity contribution in [2.75, 3.05) is 27.2 Å². The molecule has 0 radical (unpaired) electrons. The Morgan fingerprint density at radius 2 is 1.67 bits per heavy atom. The summed E-state index contributed by atoms with van der Waals surface area (Å²) in [6, 6.07) is 12.9. The minimum absolute atomic E-state index is 0.159. The van der Waals surface area contributed by atoms with Gasteiger partial charge < -0.3 is 20.2 Å². The van der Waals surface area contributed by atoms with E-state index in [2.05, 4.69) is 5.32 Å². The molecule has 194 valence electrons. The largest absolute Gasteiger partial charge is 0.384 e. The molecule has 1 heterocycles. The smallest absolute Gasteiger partial charge is 0.253 e. The molecule has 3 rings (SSSR count). The molecule has 1 aliphatic heterocycles. The van der Waals surface area contributed by atoms with Gasteiger partial charge >= 0.3 is 0 Å². The molecule has 0 aromatic heterocycles. The predicted octanol–water partition coefficient (Wildman–Crippen LogP) is 3.94. The molecule has 0 aliphatic carbocycles. The van der Waals surface area contributed by atoms with Crippen molar-refractivity contribution in [3.05, 3.63) is 70.2 Å². The van der Waals surface area contributed by atoms with Gasteiger partial charge in [-0.3, -0.25) is 14.4 Å². The fourth-order valence-electron chi connectivity index (χ4n) is 4.76. The maximum absolute atomic E-state index is 13.6. The van der Waals surface area contributed by atoms with Gasteiger partial charge in [0.25, 0.3) is 11.8 Å². The van der Waals surface area contributed by atoms with Crippen molar-refractivity contribution in [2.45, 2.75) is 45.8 Å². The Bertz CT molecular complexity index is 1130. The van der Waals surface area contributed by atoms with Crippen molar-refractivity contribution in [1.29, 1.82) is 0 Å². The number of rotatable bonds is 6. The highest BCUT2D eigenvalue weighted by Gasteiger charge is 2.50. The van der Waals surface area contributed by atoms with Gasteiger partial charge in [0.1, 0.15) is 6.04 Å². The molecular weight excluding hydrogens is 478 g/mol. The molecule has 2 atom stereocenters. The van der Waals surface area contributed by atoms with Gasteiger partial charge in [-0.05, 0) is 48.2 Å². The highest BCUT2D eigenvalue weighted by Crippen LogP contribution is 2.46. The maximum atomic E-state index is 13.6. The number of nitrogens with zero attached hydrogens (tertiary/aromatic N) is 2. The first-order valence-corrected chi connectivity index (χ1v) is 12.5. The van der Waals surface area contributed by atoms with E-state index in [0.717, 1.165) is 5.56 Å². The van der Waals surface area contributed by atoms with Crippen molar-refractivity contribution in [1.82, 2.24) is 15.1 Å². The summed E-state index contributed by atoms with van der Waals surface area (Å²) in [5.41, 5.74) is -0.271. The van der Waals surface area contributed by atoms with E-state index in [4.69, 9.17) is 11.6 Å². The van der Waals surface area contributed by atoms with Crippen LogP contribution in [0.2, 0.25) is 5.02 Å². The number of amides is 3. The van der Waals surface area contributed by atoms with Gasteiger partial charge in [0.15, 0.2) is 0 Å². The van der Waals surface area contributed by atoms with E-state index in [1.165, 1.54) is 11.0 Å². The molecule has 0 unspecified atom stereocenters. The van der Waals surface area contributed by atoms with Crippen LogP contribution in [0.3, 0.4) is 0 Å². The van der Waals surface area contributed by atoms with Crippen molar-refractivity contribution < 1.29 is 19.5 Å². The lowest BCUT2D eigenvalue weighted by molar-refractivity contribution is -0.155. The third-order valence-electron chi connectivity index (χ3n) is 7.08. The van der Waals surface area contributed by atoms with Gasteiger partial charge in [0, 0.05) is 48.7 Å². The number of nitrogens with one attached hydrogen (secondary N) is 1. The number of piperidine rings is 1. The Morgan fingerprint density at radius 3 is 2.22 bits per heavy atom. The van der Waals surface area contributed by atoms with E-state index in [1.807, 2.05) is 39.8 Å². The summed E-state index contributed by atoms with van der Waals surface area (Å²) in [5.74, 6) is -0.965. The molecule has 1 fully saturated rings. The quantitative estimate of drug-likeness (QED) is 0.612. The summed E-state index contributed by atoms with van der Waals surface area (Å²) in [6.45, 7) is 8.33. The first kappa shape index (κ1) is 27.7. The number of carbonyl (C=O) groups is 3. The molecule has 2 aromatic rings. The van der Waals surface area contributed by atoms with E-state index in [-0.39, 0.29) is 17.7 Å². The van der Waals surface area contributed by atoms with Crippen LogP contribution in [-0.4, -0.2) is 65.9 Å². The van der Waals surface area contributed by atoms with E-state index in [0.29, 0.717) is 35.7 Å². The lowest BCUT2D eigenvalue weighted by Gasteiger charge is -2.51. The Morgan fingerprint density at radius 1 is 1.06 bits per heavy atom. The molecule has 2 aromatic carbocycles. The van der Waals surface area contributed by atoms with E-state index in [9.17, 15) is 19.5 Å². The monoisotopic (exact) mass is 513 g/mol. The Hall–Kier alpha value is -2.90. The first-order valence-electron chi connectivity index (χ1n) is 12.2. The number of hydrogen-bond acceptors (Lipinski definition) is 4. The van der Waals surface area contributed by atoms with Crippen LogP contribution < -0.4 is 5.32 Å². The van der Waals surface area contributed by atoms with Crippen LogP contribution in [0.15, 0.2) is 48.5 Å². The van der Waals surface area contributed by atoms with Crippen LogP contribution in [-0.2, 0) is 10.4 Å². The molecule has 0 bridgehead atoms. The van der Waals surface area contributed by atoms with Crippen LogP contribution >= 0.6 is 11.6 Å². The Kier molecular flexibility index (Phi) is 8.16. The Balaban J connectivity index is 1.77. The molecule has 8 heteroatoms. The molecule has 36 heavy (non-hydrogen) atoms. The molecule has 3 amide bonds. The highest BCUT2D eigenvalue weighted by molar-refractivity contribution is 6.30. The number of aliphatic hydroxyl groups is 1. The maximum Gasteiger partial charge on any atom is 0.253 e. The summed E-state index contributed by atoms with van der Waals surface area (Å²) in [4.78, 5) is 42.2. The van der Waals surface area contributed by atoms with E-state index in [1.54, 1.807) is 49.3 Å². The molecule has 1 saturated heterocycles. The first-order chi connectivity index (χ1) is 16.8. The van der Waals surface area contributed by atoms with Crippen LogP contribution in [0.1, 0.15) is 60.4 Å². The summed E-state index contributed by atoms with van der Waals surface area (Å²) >= 11 is 6.03.